The molecule has 5 heteroatoms. The Labute approximate surface area is 207 Å². The molecule has 2 aliphatic heterocycles. The van der Waals surface area contributed by atoms with Crippen molar-refractivity contribution in [3.63, 3.8) is 0 Å². The van der Waals surface area contributed by atoms with Crippen LogP contribution < -0.4 is 9.88 Å². The Kier molecular flexibility index (Phi) is 5.35. The van der Waals surface area contributed by atoms with E-state index in [1.165, 1.54) is 11.1 Å². The molecule has 3 aliphatic rings. The Bertz CT molecular complexity index is 1270. The van der Waals surface area contributed by atoms with E-state index in [1.807, 2.05) is 11.5 Å². The van der Waals surface area contributed by atoms with Crippen molar-refractivity contribution in [1.82, 2.24) is 5.32 Å². The lowest BCUT2D eigenvalue weighted by atomic mass is 9.74. The first-order chi connectivity index (χ1) is 16.8. The summed E-state index contributed by atoms with van der Waals surface area (Å²) in [6.45, 7) is 18.3. The van der Waals surface area contributed by atoms with Gasteiger partial charge in [0.15, 0.2) is 12.1 Å². The van der Waals surface area contributed by atoms with Crippen molar-refractivity contribution in [2.24, 2.45) is 5.41 Å². The maximum Gasteiger partial charge on any atom is 0.298 e. The van der Waals surface area contributed by atoms with Crippen LogP contribution in [0.15, 0.2) is 97.8 Å². The minimum Gasteiger partial charge on any atom is -0.446 e. The molecular formula is C30H34FN3O+2. The number of hydrogen-bond donors (Lipinski definition) is 1. The predicted molar refractivity (Wildman–Crippen MR) is 138 cm³/mol. The van der Waals surface area contributed by atoms with Gasteiger partial charge in [-0.2, -0.15) is 13.5 Å². The molecule has 2 aromatic rings. The Morgan fingerprint density at radius 3 is 2.60 bits per heavy atom. The summed E-state index contributed by atoms with van der Waals surface area (Å²) in [6, 6.07) is 14.9. The van der Waals surface area contributed by atoms with Crippen LogP contribution in [0.2, 0.25) is 0 Å². The number of ether oxygens (including phenoxy) is 1. The summed E-state index contributed by atoms with van der Waals surface area (Å²) in [5.74, 6) is 1.25. The molecule has 35 heavy (non-hydrogen) atoms. The molecule has 180 valence electrons. The van der Waals surface area contributed by atoms with Crippen LogP contribution in [-0.4, -0.2) is 29.2 Å². The van der Waals surface area contributed by atoms with Crippen LogP contribution in [0.4, 0.5) is 4.39 Å². The number of rotatable bonds is 7. The highest BCUT2D eigenvalue weighted by Crippen LogP contribution is 2.75. The van der Waals surface area contributed by atoms with E-state index in [-0.39, 0.29) is 18.4 Å². The molecule has 0 radical (unpaired) electrons. The molecule has 1 aromatic heterocycles. The topological polar surface area (TPSA) is 28.1 Å². The molecule has 4 nitrogen and oxygen atoms in total. The van der Waals surface area contributed by atoms with Gasteiger partial charge in [0.25, 0.3) is 6.30 Å². The number of nitrogens with zero attached hydrogens (tertiary/aromatic N) is 2. The number of fused-ring (bicyclic) bond motifs is 8. The summed E-state index contributed by atoms with van der Waals surface area (Å²) in [5.41, 5.74) is 4.34. The average molecular weight is 472 g/mol. The number of halogens is 1. The highest BCUT2D eigenvalue weighted by Gasteiger charge is 2.92. The molecule has 0 bridgehead atoms. The van der Waals surface area contributed by atoms with Gasteiger partial charge in [-0.25, -0.2) is 0 Å². The maximum atomic E-state index is 16.3. The van der Waals surface area contributed by atoms with Crippen LogP contribution in [0.3, 0.4) is 0 Å². The minimum absolute atomic E-state index is 0.0550. The van der Waals surface area contributed by atoms with Gasteiger partial charge in [0.05, 0.1) is 23.0 Å². The summed E-state index contributed by atoms with van der Waals surface area (Å²) >= 11 is 0. The third-order valence-corrected chi connectivity index (χ3v) is 8.18. The van der Waals surface area contributed by atoms with E-state index in [9.17, 15) is 0 Å². The van der Waals surface area contributed by atoms with Crippen molar-refractivity contribution < 1.29 is 18.3 Å². The number of pyridine rings is 1. The zero-order valence-corrected chi connectivity index (χ0v) is 21.0. The second-order valence-corrected chi connectivity index (χ2v) is 10.1. The quantitative estimate of drug-likeness (QED) is 0.248. The van der Waals surface area contributed by atoms with E-state index >= 15 is 4.39 Å². The summed E-state index contributed by atoms with van der Waals surface area (Å²) in [7, 11) is 1.77. The summed E-state index contributed by atoms with van der Waals surface area (Å²) in [5, 5.41) is 2.96. The van der Waals surface area contributed by atoms with E-state index in [0.29, 0.717) is 11.6 Å². The minimum atomic E-state index is -1.25. The third-order valence-electron chi connectivity index (χ3n) is 8.18. The zero-order valence-electron chi connectivity index (χ0n) is 21.0. The lowest BCUT2D eigenvalue weighted by Crippen LogP contribution is -2.48. The Morgan fingerprint density at radius 2 is 1.91 bits per heavy atom. The van der Waals surface area contributed by atoms with Crippen molar-refractivity contribution in [2.45, 2.75) is 51.0 Å². The number of nitrogens with one attached hydrogen (secondary N) is 1. The van der Waals surface area contributed by atoms with E-state index < -0.39 is 17.2 Å². The van der Waals surface area contributed by atoms with Gasteiger partial charge < -0.3 is 10.1 Å². The van der Waals surface area contributed by atoms with Crippen LogP contribution in [0.5, 0.6) is 0 Å². The molecule has 1 saturated carbocycles. The van der Waals surface area contributed by atoms with Crippen molar-refractivity contribution in [2.75, 3.05) is 7.05 Å². The maximum absolute atomic E-state index is 16.3. The first kappa shape index (κ1) is 23.3. The number of allylic oxidation sites excluding steroid dienone is 2. The fourth-order valence-electron chi connectivity index (χ4n) is 6.99. The fraction of sp³-hybridized carbons (Fsp3) is 0.333. The first-order valence-electron chi connectivity index (χ1n) is 12.2. The molecule has 4 atom stereocenters. The van der Waals surface area contributed by atoms with Crippen LogP contribution >= 0.6 is 0 Å². The van der Waals surface area contributed by atoms with Crippen LogP contribution in [-0.2, 0) is 4.74 Å². The van der Waals surface area contributed by atoms with Gasteiger partial charge >= 0.3 is 0 Å². The smallest absolute Gasteiger partial charge is 0.298 e. The highest BCUT2D eigenvalue weighted by molar-refractivity contribution is 6.08. The first-order valence-corrected chi connectivity index (χ1v) is 12.2. The number of benzene rings is 1. The SMILES string of the molecule is C=CCC(F)[N+]1=C(C=C)/C(=C(/C)OC(=C)NC)C(C)(C)C12C1c3ccccc3-c3cccc[n+]3C12. The Morgan fingerprint density at radius 1 is 1.20 bits per heavy atom. The molecule has 4 unspecified atom stereocenters. The molecular weight excluding hydrogens is 437 g/mol. The van der Waals surface area contributed by atoms with Crippen LogP contribution in [0.25, 0.3) is 11.3 Å². The molecule has 3 heterocycles. The van der Waals surface area contributed by atoms with Crippen molar-refractivity contribution in [1.29, 1.82) is 0 Å². The second kappa shape index (κ2) is 8.04. The molecule has 1 aromatic carbocycles. The van der Waals surface area contributed by atoms with Crippen LogP contribution in [0.1, 0.15) is 44.7 Å². The average Bonchev–Trinajstić information content (AvgIpc) is 3.50. The normalized spacial score (nSPS) is 27.3. The van der Waals surface area contributed by atoms with Gasteiger partial charge in [0.2, 0.25) is 23.0 Å². The summed E-state index contributed by atoms with van der Waals surface area (Å²) < 4.78 is 26.7. The molecule has 0 saturated heterocycles. The van der Waals surface area contributed by atoms with Gasteiger partial charge in [-0.3, -0.25) is 0 Å². The van der Waals surface area contributed by atoms with E-state index in [4.69, 9.17) is 4.74 Å². The molecule has 1 aliphatic carbocycles. The Balaban J connectivity index is 1.84. The van der Waals surface area contributed by atoms with Crippen molar-refractivity contribution >= 4 is 5.71 Å². The number of alkyl halides is 1. The number of aromatic nitrogens is 1. The number of hydrogen-bond acceptors (Lipinski definition) is 2. The van der Waals surface area contributed by atoms with Crippen LogP contribution in [0, 0.1) is 5.41 Å². The zero-order chi connectivity index (χ0) is 25.1. The standard InChI is InChI=1S/C30H34FN3O/c1-8-14-25(31)34-23(9-2)26(19(3)35-20(4)32-7)29(5,6)30(34)27-22-16-11-10-15-21(22)24-17-12-13-18-33(24)28(27)30/h8-13,15-18,25,27-28,32H,1-2,4,14H2,3,5-7H3/q+2/b26-19+. The highest BCUT2D eigenvalue weighted by atomic mass is 19.1. The predicted octanol–water partition coefficient (Wildman–Crippen LogP) is 5.56. The second-order valence-electron chi connectivity index (χ2n) is 10.1. The largest absolute Gasteiger partial charge is 0.446 e. The van der Waals surface area contributed by atoms with Gasteiger partial charge in [0.1, 0.15) is 11.7 Å². The van der Waals surface area contributed by atoms with E-state index in [1.54, 1.807) is 19.2 Å². The van der Waals surface area contributed by atoms with E-state index in [2.05, 4.69) is 92.1 Å². The monoisotopic (exact) mass is 471 g/mol. The van der Waals surface area contributed by atoms with E-state index in [0.717, 1.165) is 17.0 Å². The lowest BCUT2D eigenvalue weighted by molar-refractivity contribution is -0.737. The van der Waals surface area contributed by atoms with Crippen molar-refractivity contribution in [3.8, 4) is 11.3 Å². The third kappa shape index (κ3) is 2.90. The molecule has 1 spiro atoms. The molecule has 0 amide bonds. The molecule has 1 fully saturated rings. The molecule has 5 rings (SSSR count). The van der Waals surface area contributed by atoms with Crippen molar-refractivity contribution in [3.05, 3.63) is 103 Å². The van der Waals surface area contributed by atoms with Gasteiger partial charge in [0, 0.05) is 25.3 Å². The summed E-state index contributed by atoms with van der Waals surface area (Å²) in [4.78, 5) is 0. The Hall–Kier alpha value is -3.47. The fourth-order valence-corrected chi connectivity index (χ4v) is 6.99. The van der Waals surface area contributed by atoms with Gasteiger partial charge in [-0.1, -0.05) is 30.9 Å². The van der Waals surface area contributed by atoms with Gasteiger partial charge in [-0.05, 0) is 45.0 Å². The summed E-state index contributed by atoms with van der Waals surface area (Å²) in [6.07, 6.45) is 4.54. The van der Waals surface area contributed by atoms with Gasteiger partial charge in [-0.15, -0.1) is 6.58 Å². The lowest BCUT2D eigenvalue weighted by Gasteiger charge is -2.27. The molecule has 1 N–H and O–H groups in total.